The molecule has 2 bridgehead atoms. The quantitative estimate of drug-likeness (QED) is 0.720. The Bertz CT molecular complexity index is 870. The zero-order valence-electron chi connectivity index (χ0n) is 14.7. The third-order valence-corrected chi connectivity index (χ3v) is 6.04. The first kappa shape index (κ1) is 18.4. The lowest BCUT2D eigenvalue weighted by Crippen LogP contribution is -2.50. The molecule has 2 aliphatic rings. The number of carbonyl (C=O) groups excluding carboxylic acids is 1. The molecule has 4 rings (SSSR count). The van der Waals surface area contributed by atoms with Crippen molar-refractivity contribution >= 4 is 23.4 Å². The van der Waals surface area contributed by atoms with E-state index in [-0.39, 0.29) is 18.0 Å². The monoisotopic (exact) mass is 392 g/mol. The lowest BCUT2D eigenvalue weighted by Gasteiger charge is -2.34. The van der Waals surface area contributed by atoms with Crippen LogP contribution >= 0.6 is 11.8 Å². The molecule has 0 saturated carbocycles. The second-order valence-corrected chi connectivity index (χ2v) is 7.76. The van der Waals surface area contributed by atoms with Crippen LogP contribution in [-0.2, 0) is 17.5 Å². The molecule has 0 radical (unpaired) electrons. The number of hydrogen-bond acceptors (Lipinski definition) is 3. The first-order valence-electron chi connectivity index (χ1n) is 8.75. The summed E-state index contributed by atoms with van der Waals surface area (Å²) in [7, 11) is 0. The SMILES string of the molecule is CSc1ccccc1N1C(=O)[C@@H]2C[C@H]1CN2Cc1cccc(C(F)(F)F)c1. The molecule has 0 aliphatic carbocycles. The van der Waals surface area contributed by atoms with E-state index >= 15 is 0 Å². The van der Waals surface area contributed by atoms with Crippen LogP contribution in [0.25, 0.3) is 0 Å². The highest BCUT2D eigenvalue weighted by atomic mass is 32.2. The minimum absolute atomic E-state index is 0.0414. The molecule has 7 heteroatoms. The standard InChI is InChI=1S/C20H19F3N2OS/c1-27-18-8-3-2-7-16(18)25-15-10-17(19(25)26)24(12-15)11-13-5-4-6-14(9-13)20(21,22)23/h2-9,15,17H,10-12H2,1H3/t15-,17-/m0/s1. The topological polar surface area (TPSA) is 23.6 Å². The Hall–Kier alpha value is -1.99. The fraction of sp³-hybridized carbons (Fsp3) is 0.350. The van der Waals surface area contributed by atoms with Crippen molar-refractivity contribution < 1.29 is 18.0 Å². The summed E-state index contributed by atoms with van der Waals surface area (Å²) in [5.74, 6) is 0.0414. The van der Waals surface area contributed by atoms with Crippen LogP contribution in [0, 0.1) is 0 Å². The number of alkyl halides is 3. The van der Waals surface area contributed by atoms with Crippen molar-refractivity contribution in [1.82, 2.24) is 4.90 Å². The highest BCUT2D eigenvalue weighted by molar-refractivity contribution is 7.98. The molecule has 27 heavy (non-hydrogen) atoms. The van der Waals surface area contributed by atoms with E-state index in [9.17, 15) is 18.0 Å². The molecule has 2 aliphatic heterocycles. The van der Waals surface area contributed by atoms with Crippen LogP contribution in [0.1, 0.15) is 17.5 Å². The zero-order valence-corrected chi connectivity index (χ0v) is 15.6. The Morgan fingerprint density at radius 3 is 2.63 bits per heavy atom. The lowest BCUT2D eigenvalue weighted by atomic mass is 10.1. The van der Waals surface area contributed by atoms with Gasteiger partial charge in [-0.05, 0) is 36.4 Å². The van der Waals surface area contributed by atoms with Crippen molar-refractivity contribution in [3.63, 3.8) is 0 Å². The van der Waals surface area contributed by atoms with Crippen LogP contribution in [0.2, 0.25) is 0 Å². The van der Waals surface area contributed by atoms with Crippen molar-refractivity contribution in [1.29, 1.82) is 0 Å². The number of para-hydroxylation sites is 1. The summed E-state index contributed by atoms with van der Waals surface area (Å²) in [6.45, 7) is 1.03. The molecule has 2 fully saturated rings. The maximum absolute atomic E-state index is 13.0. The van der Waals surface area contributed by atoms with Crippen molar-refractivity contribution in [3.8, 4) is 0 Å². The van der Waals surface area contributed by atoms with E-state index in [4.69, 9.17) is 0 Å². The smallest absolute Gasteiger partial charge is 0.306 e. The van der Waals surface area contributed by atoms with Crippen molar-refractivity contribution in [3.05, 3.63) is 59.7 Å². The van der Waals surface area contributed by atoms with Crippen LogP contribution in [0.4, 0.5) is 18.9 Å². The molecule has 0 spiro atoms. The number of benzene rings is 2. The number of carbonyl (C=O) groups is 1. The van der Waals surface area contributed by atoms with Gasteiger partial charge in [0.15, 0.2) is 0 Å². The summed E-state index contributed by atoms with van der Waals surface area (Å²) >= 11 is 1.60. The number of halogens is 3. The number of likely N-dealkylation sites (tertiary alicyclic amines) is 1. The normalized spacial score (nSPS) is 22.7. The van der Waals surface area contributed by atoms with Gasteiger partial charge in [-0.3, -0.25) is 9.69 Å². The predicted molar refractivity (Wildman–Crippen MR) is 99.8 cm³/mol. The third kappa shape index (κ3) is 3.34. The highest BCUT2D eigenvalue weighted by Gasteiger charge is 2.50. The highest BCUT2D eigenvalue weighted by Crippen LogP contribution is 2.40. The molecule has 0 N–H and O–H groups in total. The van der Waals surface area contributed by atoms with Gasteiger partial charge in [-0.1, -0.05) is 30.3 Å². The fourth-order valence-electron chi connectivity index (χ4n) is 4.06. The van der Waals surface area contributed by atoms with Crippen LogP contribution < -0.4 is 4.90 Å². The van der Waals surface area contributed by atoms with Crippen LogP contribution in [0.15, 0.2) is 53.4 Å². The summed E-state index contributed by atoms with van der Waals surface area (Å²) in [6.07, 6.45) is -1.65. The molecule has 2 aromatic carbocycles. The van der Waals surface area contributed by atoms with Crippen molar-refractivity contribution in [2.45, 2.75) is 36.1 Å². The second-order valence-electron chi connectivity index (χ2n) is 6.91. The molecule has 3 nitrogen and oxygen atoms in total. The van der Waals surface area contributed by atoms with Gasteiger partial charge in [0.25, 0.3) is 0 Å². The molecule has 1 amide bonds. The number of hydrogen-bond donors (Lipinski definition) is 0. The number of thioether (sulfide) groups is 1. The Kier molecular flexibility index (Phi) is 4.68. The Morgan fingerprint density at radius 1 is 1.15 bits per heavy atom. The maximum Gasteiger partial charge on any atom is 0.416 e. The van der Waals surface area contributed by atoms with Crippen LogP contribution in [-0.4, -0.2) is 35.7 Å². The summed E-state index contributed by atoms with van der Waals surface area (Å²) in [5.41, 5.74) is 0.869. The molecule has 142 valence electrons. The average molecular weight is 392 g/mol. The molecule has 2 atom stereocenters. The number of nitrogens with zero attached hydrogens (tertiary/aromatic N) is 2. The third-order valence-electron chi connectivity index (χ3n) is 5.25. The van der Waals surface area contributed by atoms with Gasteiger partial charge in [-0.15, -0.1) is 11.8 Å². The number of piperazine rings is 1. The van der Waals surface area contributed by atoms with E-state index in [2.05, 4.69) is 0 Å². The molecule has 2 heterocycles. The maximum atomic E-state index is 13.0. The number of rotatable bonds is 4. The molecule has 0 aromatic heterocycles. The Morgan fingerprint density at radius 2 is 1.93 bits per heavy atom. The van der Waals surface area contributed by atoms with Gasteiger partial charge >= 0.3 is 6.18 Å². The summed E-state index contributed by atoms with van der Waals surface area (Å²) in [5, 5.41) is 0. The molecular formula is C20H19F3N2OS. The molecule has 0 unspecified atom stereocenters. The number of amides is 1. The van der Waals surface area contributed by atoms with Gasteiger partial charge in [0.05, 0.1) is 23.3 Å². The minimum Gasteiger partial charge on any atom is -0.306 e. The van der Waals surface area contributed by atoms with Gasteiger partial charge in [-0.2, -0.15) is 13.2 Å². The molecular weight excluding hydrogens is 373 g/mol. The average Bonchev–Trinajstić information content (AvgIpc) is 3.18. The van der Waals surface area contributed by atoms with Crippen LogP contribution in [0.5, 0.6) is 0 Å². The van der Waals surface area contributed by atoms with E-state index in [0.29, 0.717) is 18.7 Å². The van der Waals surface area contributed by atoms with Gasteiger partial charge in [-0.25, -0.2) is 0 Å². The van der Waals surface area contributed by atoms with Gasteiger partial charge < -0.3 is 4.90 Å². The minimum atomic E-state index is -4.35. The van der Waals surface area contributed by atoms with E-state index in [1.54, 1.807) is 17.8 Å². The van der Waals surface area contributed by atoms with Gasteiger partial charge in [0.1, 0.15) is 0 Å². The predicted octanol–water partition coefficient (Wildman–Crippen LogP) is 4.42. The Labute approximate surface area is 160 Å². The first-order valence-corrected chi connectivity index (χ1v) is 9.97. The summed E-state index contributed by atoms with van der Waals surface area (Å²) in [6, 6.07) is 13.0. The Balaban J connectivity index is 1.52. The fourth-order valence-corrected chi connectivity index (χ4v) is 4.65. The first-order chi connectivity index (χ1) is 12.9. The van der Waals surface area contributed by atoms with E-state index in [1.807, 2.05) is 40.3 Å². The van der Waals surface area contributed by atoms with E-state index < -0.39 is 11.7 Å². The summed E-state index contributed by atoms with van der Waals surface area (Å²) < 4.78 is 38.8. The number of fused-ring (bicyclic) bond motifs is 2. The van der Waals surface area contributed by atoms with E-state index in [0.717, 1.165) is 23.1 Å². The second kappa shape index (κ2) is 6.87. The number of anilines is 1. The van der Waals surface area contributed by atoms with E-state index in [1.165, 1.54) is 12.1 Å². The van der Waals surface area contributed by atoms with Gasteiger partial charge in [0, 0.05) is 18.0 Å². The molecule has 2 aromatic rings. The van der Waals surface area contributed by atoms with Crippen LogP contribution in [0.3, 0.4) is 0 Å². The largest absolute Gasteiger partial charge is 0.416 e. The van der Waals surface area contributed by atoms with Gasteiger partial charge in [0.2, 0.25) is 5.91 Å². The molecule has 2 saturated heterocycles. The van der Waals surface area contributed by atoms with Crippen molar-refractivity contribution in [2.24, 2.45) is 0 Å². The lowest BCUT2D eigenvalue weighted by molar-refractivity contribution is -0.137. The van der Waals surface area contributed by atoms with Crippen molar-refractivity contribution in [2.75, 3.05) is 17.7 Å². The summed E-state index contributed by atoms with van der Waals surface area (Å²) in [4.78, 5) is 17.9. The zero-order chi connectivity index (χ0) is 19.2.